The van der Waals surface area contributed by atoms with Gasteiger partial charge < -0.3 is 9.42 Å². The van der Waals surface area contributed by atoms with E-state index < -0.39 is 7.60 Å². The number of nitrogens with one attached hydrogen (secondary N) is 1. The first kappa shape index (κ1) is 15.0. The Kier molecular flexibility index (Phi) is 4.45. The molecule has 2 amide bonds. The summed E-state index contributed by atoms with van der Waals surface area (Å²) in [6, 6.07) is 9.00. The molecule has 1 aromatic carbocycles. The molecule has 8 heteroatoms. The average molecular weight is 299 g/mol. The van der Waals surface area contributed by atoms with Gasteiger partial charge in [0.25, 0.3) is 0 Å². The summed E-state index contributed by atoms with van der Waals surface area (Å²) in [6.45, 7) is 2.08. The largest absolute Gasteiger partial charge is 0.337 e. The highest BCUT2D eigenvalue weighted by Gasteiger charge is 2.36. The Labute approximate surface area is 117 Å². The second kappa shape index (κ2) is 5.93. The highest BCUT2D eigenvalue weighted by Crippen LogP contribution is 2.40. The molecule has 1 heterocycles. The molecule has 2 unspecified atom stereocenters. The molecule has 0 aliphatic carbocycles. The van der Waals surface area contributed by atoms with Gasteiger partial charge in [0, 0.05) is 19.3 Å². The maximum absolute atomic E-state index is 12.0. The van der Waals surface area contributed by atoms with E-state index in [9.17, 15) is 14.3 Å². The minimum Gasteiger partial charge on any atom is -0.324 e. The molecule has 0 saturated carbocycles. The molecule has 0 spiro atoms. The molecular weight excluding hydrogens is 281 g/mol. The third-order valence-electron chi connectivity index (χ3n) is 3.23. The van der Waals surface area contributed by atoms with Gasteiger partial charge in [-0.1, -0.05) is 18.2 Å². The lowest BCUT2D eigenvalue weighted by molar-refractivity contribution is 0.198. The van der Waals surface area contributed by atoms with Gasteiger partial charge in [-0.15, -0.1) is 0 Å². The summed E-state index contributed by atoms with van der Waals surface area (Å²) < 4.78 is 16.0. The molecular formula is C12H18N3O4P. The fourth-order valence-electron chi connectivity index (χ4n) is 2.07. The Morgan fingerprint density at radius 3 is 2.65 bits per heavy atom. The minimum absolute atomic E-state index is 0.0449. The second-order valence-corrected chi connectivity index (χ2v) is 6.58. The van der Waals surface area contributed by atoms with Gasteiger partial charge in [0.15, 0.2) is 0 Å². The molecule has 1 fully saturated rings. The molecule has 110 valence electrons. The molecule has 7 nitrogen and oxygen atoms in total. The van der Waals surface area contributed by atoms with Crippen molar-refractivity contribution in [1.82, 2.24) is 10.4 Å². The van der Waals surface area contributed by atoms with Crippen LogP contribution in [0.2, 0.25) is 0 Å². The Balaban J connectivity index is 2.06. The quantitative estimate of drug-likeness (QED) is 0.807. The standard InChI is InChI=1S/C12H18N3O4P/c1-10-14(8-9-20(17,18)19-2)13-12(16)15(10)11-6-4-3-5-7-11/h3-7,10H,8-9H2,1-2H3,(H,13,16)(H,17,18). The van der Waals surface area contributed by atoms with Gasteiger partial charge in [-0.05, 0) is 19.1 Å². The van der Waals surface area contributed by atoms with Crippen molar-refractivity contribution in [3.63, 3.8) is 0 Å². The number of carbonyl (C=O) groups is 1. The first-order valence-electron chi connectivity index (χ1n) is 6.24. The van der Waals surface area contributed by atoms with E-state index in [1.165, 1.54) is 7.11 Å². The predicted molar refractivity (Wildman–Crippen MR) is 75.3 cm³/mol. The van der Waals surface area contributed by atoms with E-state index in [-0.39, 0.29) is 24.9 Å². The van der Waals surface area contributed by atoms with Gasteiger partial charge in [-0.2, -0.15) is 5.01 Å². The van der Waals surface area contributed by atoms with E-state index in [0.29, 0.717) is 0 Å². The molecule has 1 aliphatic rings. The van der Waals surface area contributed by atoms with Gasteiger partial charge in [0.2, 0.25) is 0 Å². The minimum atomic E-state index is -3.58. The van der Waals surface area contributed by atoms with E-state index in [0.717, 1.165) is 5.69 Å². The normalized spacial score (nSPS) is 22.6. The van der Waals surface area contributed by atoms with Crippen LogP contribution < -0.4 is 10.3 Å². The Morgan fingerprint density at radius 1 is 1.40 bits per heavy atom. The highest BCUT2D eigenvalue weighted by atomic mass is 31.2. The number of amides is 2. The lowest BCUT2D eigenvalue weighted by atomic mass is 10.3. The SMILES string of the molecule is COP(=O)(O)CCN1NC(=O)N(c2ccccc2)C1C. The summed E-state index contributed by atoms with van der Waals surface area (Å²) in [6.07, 6.45) is -0.293. The zero-order chi connectivity index (χ0) is 14.8. The van der Waals surface area contributed by atoms with Crippen LogP contribution in [0.4, 0.5) is 10.5 Å². The number of benzene rings is 1. The maximum Gasteiger partial charge on any atom is 0.337 e. The van der Waals surface area contributed by atoms with Crippen molar-refractivity contribution in [1.29, 1.82) is 0 Å². The van der Waals surface area contributed by atoms with Crippen LogP contribution >= 0.6 is 7.60 Å². The van der Waals surface area contributed by atoms with Gasteiger partial charge >= 0.3 is 13.6 Å². The number of nitrogens with zero attached hydrogens (tertiary/aromatic N) is 2. The number of anilines is 1. The van der Waals surface area contributed by atoms with Crippen molar-refractivity contribution < 1.29 is 18.8 Å². The van der Waals surface area contributed by atoms with E-state index in [1.54, 1.807) is 9.91 Å². The third-order valence-corrected chi connectivity index (χ3v) is 4.56. The van der Waals surface area contributed by atoms with Crippen LogP contribution in [-0.2, 0) is 9.09 Å². The summed E-state index contributed by atoms with van der Waals surface area (Å²) in [5, 5.41) is 1.62. The molecule has 2 N–H and O–H groups in total. The molecule has 1 saturated heterocycles. The van der Waals surface area contributed by atoms with E-state index in [4.69, 9.17) is 0 Å². The van der Waals surface area contributed by atoms with Crippen LogP contribution in [-0.4, -0.2) is 41.9 Å². The first-order chi connectivity index (χ1) is 9.44. The summed E-state index contributed by atoms with van der Waals surface area (Å²) in [7, 11) is -2.38. The summed E-state index contributed by atoms with van der Waals surface area (Å²) in [4.78, 5) is 23.0. The van der Waals surface area contributed by atoms with Gasteiger partial charge in [0.05, 0.1) is 6.16 Å². The van der Waals surface area contributed by atoms with Crippen LogP contribution in [0.3, 0.4) is 0 Å². The molecule has 2 rings (SSSR count). The number of hydrazine groups is 1. The lowest BCUT2D eigenvalue weighted by Gasteiger charge is -2.25. The second-order valence-electron chi connectivity index (χ2n) is 4.49. The molecule has 0 radical (unpaired) electrons. The topological polar surface area (TPSA) is 82.1 Å². The fraction of sp³-hybridized carbons (Fsp3) is 0.417. The molecule has 1 aromatic rings. The number of urea groups is 1. The third kappa shape index (κ3) is 3.19. The fourth-order valence-corrected chi connectivity index (χ4v) is 2.72. The number of carbonyl (C=O) groups excluding carboxylic acids is 1. The van der Waals surface area contributed by atoms with Crippen molar-refractivity contribution in [2.45, 2.75) is 13.1 Å². The van der Waals surface area contributed by atoms with Crippen LogP contribution in [0.15, 0.2) is 30.3 Å². The predicted octanol–water partition coefficient (Wildman–Crippen LogP) is 1.61. The van der Waals surface area contributed by atoms with Crippen molar-refractivity contribution in [2.24, 2.45) is 0 Å². The van der Waals surface area contributed by atoms with Crippen molar-refractivity contribution in [3.8, 4) is 0 Å². The number of hydrogen-bond acceptors (Lipinski definition) is 4. The van der Waals surface area contributed by atoms with Crippen molar-refractivity contribution in [2.75, 3.05) is 24.7 Å². The van der Waals surface area contributed by atoms with E-state index in [1.807, 2.05) is 37.3 Å². The Bertz CT molecular complexity index is 525. The van der Waals surface area contributed by atoms with E-state index in [2.05, 4.69) is 9.95 Å². The first-order valence-corrected chi connectivity index (χ1v) is 8.00. The summed E-state index contributed by atoms with van der Waals surface area (Å²) in [5.74, 6) is 0. The summed E-state index contributed by atoms with van der Waals surface area (Å²) in [5.41, 5.74) is 3.46. The highest BCUT2D eigenvalue weighted by molar-refractivity contribution is 7.52. The number of para-hydroxylation sites is 1. The van der Waals surface area contributed by atoms with Gasteiger partial charge in [-0.25, -0.2) is 4.79 Å². The Morgan fingerprint density at radius 2 is 2.05 bits per heavy atom. The number of hydrogen-bond donors (Lipinski definition) is 2. The molecule has 2 atom stereocenters. The molecule has 1 aliphatic heterocycles. The van der Waals surface area contributed by atoms with Crippen molar-refractivity contribution >= 4 is 19.3 Å². The molecule has 0 bridgehead atoms. The van der Waals surface area contributed by atoms with Gasteiger partial charge in [0.1, 0.15) is 6.17 Å². The Hall–Kier alpha value is -1.40. The van der Waals surface area contributed by atoms with Crippen LogP contribution in [0.5, 0.6) is 0 Å². The van der Waals surface area contributed by atoms with Crippen molar-refractivity contribution in [3.05, 3.63) is 30.3 Å². The van der Waals surface area contributed by atoms with Crippen LogP contribution in [0.25, 0.3) is 0 Å². The van der Waals surface area contributed by atoms with Gasteiger partial charge in [-0.3, -0.25) is 14.9 Å². The average Bonchev–Trinajstić information content (AvgIpc) is 2.72. The lowest BCUT2D eigenvalue weighted by Crippen LogP contribution is -2.40. The summed E-state index contributed by atoms with van der Waals surface area (Å²) >= 11 is 0. The zero-order valence-electron chi connectivity index (χ0n) is 11.4. The molecule has 0 aromatic heterocycles. The van der Waals surface area contributed by atoms with E-state index >= 15 is 0 Å². The zero-order valence-corrected chi connectivity index (χ0v) is 12.3. The van der Waals surface area contributed by atoms with Crippen LogP contribution in [0, 0.1) is 0 Å². The number of rotatable bonds is 5. The monoisotopic (exact) mass is 299 g/mol. The molecule has 20 heavy (non-hydrogen) atoms. The maximum atomic E-state index is 12.0. The smallest absolute Gasteiger partial charge is 0.324 e. The van der Waals surface area contributed by atoms with Crippen LogP contribution in [0.1, 0.15) is 6.92 Å².